The average molecular weight is 958 g/mol. The quantitative estimate of drug-likeness (QED) is 0.114. The van der Waals surface area contributed by atoms with E-state index in [1.54, 1.807) is 35.4 Å². The highest BCUT2D eigenvalue weighted by Crippen LogP contribution is 2.22. The van der Waals surface area contributed by atoms with Crippen LogP contribution in [0.4, 0.5) is 0 Å². The third-order valence-electron chi connectivity index (χ3n) is 7.57. The van der Waals surface area contributed by atoms with E-state index in [4.69, 9.17) is 39.0 Å². The Hall–Kier alpha value is -7.17. The molecule has 0 unspecified atom stereocenters. The van der Waals surface area contributed by atoms with Crippen LogP contribution in [0.15, 0.2) is 115 Å². The van der Waals surface area contributed by atoms with Crippen LogP contribution in [0, 0.1) is 13.8 Å². The van der Waals surface area contributed by atoms with Gasteiger partial charge >= 0.3 is 6.15 Å². The first kappa shape index (κ1) is 58.8. The van der Waals surface area contributed by atoms with Crippen LogP contribution >= 0.6 is 0 Å². The molecule has 1 amide bonds. The Labute approximate surface area is 401 Å². The minimum absolute atomic E-state index is 0.0564. The van der Waals surface area contributed by atoms with Crippen LogP contribution in [0.2, 0.25) is 0 Å². The fraction of sp³-hybridized carbons (Fsp3) is 0.380. The number of pyridine rings is 4. The minimum atomic E-state index is -3.21. The second-order valence-corrected chi connectivity index (χ2v) is 18.0. The van der Waals surface area contributed by atoms with Crippen molar-refractivity contribution in [2.75, 3.05) is 6.26 Å². The highest BCUT2D eigenvalue weighted by atomic mass is 32.2. The van der Waals surface area contributed by atoms with Gasteiger partial charge in [-0.15, -0.1) is 0 Å². The maximum absolute atomic E-state index is 11.1. The summed E-state index contributed by atoms with van der Waals surface area (Å²) in [6, 6.07) is 18.5. The van der Waals surface area contributed by atoms with Crippen molar-refractivity contribution in [3.8, 4) is 39.9 Å². The first-order valence-electron chi connectivity index (χ1n) is 21.6. The number of rotatable bonds is 13. The number of primary amides is 1. The van der Waals surface area contributed by atoms with Gasteiger partial charge in [0.1, 0.15) is 28.7 Å². The second kappa shape index (κ2) is 30.9. The molecule has 0 aliphatic heterocycles. The molecule has 368 valence electrons. The Morgan fingerprint density at radius 1 is 0.574 bits per heavy atom. The number of carbonyl (C=O) groups is 1. The van der Waals surface area contributed by atoms with E-state index in [1.165, 1.54) is 18.5 Å². The number of nitrogens with zero attached hydrogens (tertiary/aromatic N) is 6. The molecule has 0 radical (unpaired) electrons. The first-order chi connectivity index (χ1) is 31.9. The highest BCUT2D eigenvalue weighted by molar-refractivity contribution is 7.90. The summed E-state index contributed by atoms with van der Waals surface area (Å²) in [7, 11) is -1.30. The predicted molar refractivity (Wildman–Crippen MR) is 261 cm³/mol. The normalized spacial score (nSPS) is 10.3. The molecular formula is C50H67N7O10S. The zero-order chi connectivity index (χ0) is 51.4. The van der Waals surface area contributed by atoms with Crippen LogP contribution in [0.1, 0.15) is 90.9 Å². The van der Waals surface area contributed by atoms with Crippen LogP contribution in [0.25, 0.3) is 11.1 Å². The van der Waals surface area contributed by atoms with Crippen LogP contribution in [0.5, 0.6) is 28.7 Å². The van der Waals surface area contributed by atoms with Crippen LogP contribution < -0.4 is 29.4 Å². The molecule has 0 aliphatic rings. The lowest BCUT2D eigenvalue weighted by Gasteiger charge is -2.09. The molecule has 0 aliphatic carbocycles. The fourth-order valence-electron chi connectivity index (χ4n) is 5.05. The summed E-state index contributed by atoms with van der Waals surface area (Å²) in [5.41, 5.74) is 9.86. The number of ether oxygens (including phenoxy) is 5. The van der Waals surface area contributed by atoms with E-state index in [9.17, 15) is 13.2 Å². The lowest BCUT2D eigenvalue weighted by Crippen LogP contribution is -2.12. The highest BCUT2D eigenvalue weighted by Gasteiger charge is 2.09. The van der Waals surface area contributed by atoms with Crippen molar-refractivity contribution in [3.63, 3.8) is 0 Å². The van der Waals surface area contributed by atoms with Gasteiger partial charge in [0.15, 0.2) is 14.9 Å². The van der Waals surface area contributed by atoms with Crippen molar-refractivity contribution in [1.82, 2.24) is 29.7 Å². The zero-order valence-corrected chi connectivity index (χ0v) is 42.3. The number of sulfone groups is 1. The number of carbonyl (C=O) groups excluding carboxylic acids is 3. The van der Waals surface area contributed by atoms with Gasteiger partial charge in [0.2, 0.25) is 5.91 Å². The molecule has 2 N–H and O–H groups in total. The molecular weight excluding hydrogens is 891 g/mol. The van der Waals surface area contributed by atoms with E-state index in [-0.39, 0.29) is 41.7 Å². The molecule has 0 saturated heterocycles. The van der Waals surface area contributed by atoms with E-state index < -0.39 is 15.7 Å². The monoisotopic (exact) mass is 957 g/mol. The molecule has 5 heterocycles. The van der Waals surface area contributed by atoms with E-state index in [2.05, 4.69) is 37.2 Å². The first-order valence-corrected chi connectivity index (χ1v) is 23.5. The molecule has 5 aromatic heterocycles. The lowest BCUT2D eigenvalue weighted by molar-refractivity contribution is -0.191. The van der Waals surface area contributed by atoms with Crippen molar-refractivity contribution in [1.29, 1.82) is 0 Å². The summed E-state index contributed by atoms with van der Waals surface area (Å²) < 4.78 is 51.0. The Kier molecular flexibility index (Phi) is 26.8. The molecule has 6 rings (SSSR count). The van der Waals surface area contributed by atoms with Crippen molar-refractivity contribution in [3.05, 3.63) is 127 Å². The smallest absolute Gasteiger partial charge is 0.373 e. The molecule has 0 fully saturated rings. The molecule has 18 heteroatoms. The number of aryl methyl sites for hydroxylation is 3. The van der Waals surface area contributed by atoms with Crippen molar-refractivity contribution >= 4 is 21.9 Å². The standard InChI is InChI=1S/C13H16N2O.C9H12N2O2.C9H13NO3S.2C9H13NO.CO2/c1-10(2)16-13-6-4-11(5-7-13)12-8-14-15(3)9-12;1-6(2)13-8-3-7(9(10)12)4-11-5-8;1-7(2)13-8-4-5-9(10-6-8)14(3,11)12;1-7(2)11-9-4-8(3)5-10-6-9;1-7(2)11-9-5-4-8(3)10-6-9;2-1-3/h4-10H,1-3H3;3-6H,1-2H3,(H2,10,12);4-7H,1-3H3;2*4-7H,1-3H3;. The number of aromatic nitrogens is 6. The predicted octanol–water partition coefficient (Wildman–Crippen LogP) is 8.89. The summed E-state index contributed by atoms with van der Waals surface area (Å²) in [6.45, 7) is 23.6. The Morgan fingerprint density at radius 2 is 1.01 bits per heavy atom. The van der Waals surface area contributed by atoms with Gasteiger partial charge in [-0.05, 0) is 143 Å². The molecule has 1 aromatic carbocycles. The van der Waals surface area contributed by atoms with Crippen LogP contribution in [-0.4, -0.2) is 87.0 Å². The molecule has 0 spiro atoms. The van der Waals surface area contributed by atoms with E-state index in [0.29, 0.717) is 17.1 Å². The van der Waals surface area contributed by atoms with Gasteiger partial charge in [-0.25, -0.2) is 13.4 Å². The average Bonchev–Trinajstić information content (AvgIpc) is 3.68. The number of amides is 1. The van der Waals surface area contributed by atoms with E-state index >= 15 is 0 Å². The van der Waals surface area contributed by atoms with Gasteiger partial charge in [-0.3, -0.25) is 24.4 Å². The molecule has 68 heavy (non-hydrogen) atoms. The Morgan fingerprint density at radius 3 is 1.41 bits per heavy atom. The second-order valence-electron chi connectivity index (χ2n) is 16.1. The summed E-state index contributed by atoms with van der Waals surface area (Å²) in [5.74, 6) is 3.23. The van der Waals surface area contributed by atoms with Gasteiger partial charge in [0.05, 0.1) is 67.1 Å². The molecule has 0 atom stereocenters. The Bertz CT molecular complexity index is 2490. The topological polar surface area (TPSA) is 227 Å². The number of hydrogen-bond donors (Lipinski definition) is 1. The van der Waals surface area contributed by atoms with Gasteiger partial charge < -0.3 is 29.4 Å². The maximum Gasteiger partial charge on any atom is 0.373 e. The largest absolute Gasteiger partial charge is 0.491 e. The van der Waals surface area contributed by atoms with Crippen LogP contribution in [-0.2, 0) is 26.5 Å². The van der Waals surface area contributed by atoms with Crippen molar-refractivity contribution in [2.24, 2.45) is 12.8 Å². The number of benzene rings is 1. The third-order valence-corrected chi connectivity index (χ3v) is 8.57. The zero-order valence-electron chi connectivity index (χ0n) is 41.5. The van der Waals surface area contributed by atoms with Gasteiger partial charge in [-0.1, -0.05) is 12.1 Å². The summed E-state index contributed by atoms with van der Waals surface area (Å²) in [5, 5.41) is 4.21. The van der Waals surface area contributed by atoms with Crippen molar-refractivity contribution < 1.29 is 46.5 Å². The lowest BCUT2D eigenvalue weighted by atomic mass is 10.1. The third kappa shape index (κ3) is 26.7. The summed E-state index contributed by atoms with van der Waals surface area (Å²) >= 11 is 0. The van der Waals surface area contributed by atoms with Crippen molar-refractivity contribution in [2.45, 2.75) is 119 Å². The SMILES string of the molecule is CC(C)Oc1ccc(-c2cnn(C)c2)cc1.CC(C)Oc1ccc(S(C)(=O)=O)nc1.CC(C)Oc1cncc(C(N)=O)c1.Cc1ccc(OC(C)C)cn1.Cc1cncc(OC(C)C)c1.O=C=O. The summed E-state index contributed by atoms with van der Waals surface area (Å²) in [4.78, 5) is 42.8. The molecule has 0 saturated carbocycles. The van der Waals surface area contributed by atoms with Gasteiger partial charge in [0.25, 0.3) is 0 Å². The molecule has 6 aromatic rings. The van der Waals surface area contributed by atoms with Gasteiger partial charge in [0, 0.05) is 43.2 Å². The maximum atomic E-state index is 11.1. The molecule has 0 bridgehead atoms. The fourth-order valence-corrected chi connectivity index (χ4v) is 5.61. The van der Waals surface area contributed by atoms with Crippen LogP contribution in [0.3, 0.4) is 0 Å². The number of nitrogens with two attached hydrogens (primary N) is 1. The van der Waals surface area contributed by atoms with Gasteiger partial charge in [-0.2, -0.15) is 14.7 Å². The van der Waals surface area contributed by atoms with E-state index in [1.807, 2.05) is 139 Å². The Balaban J connectivity index is 0.000000421. The van der Waals surface area contributed by atoms with E-state index in [0.717, 1.165) is 45.9 Å². The summed E-state index contributed by atoms with van der Waals surface area (Å²) in [6.07, 6.45) is 15.7. The number of hydrogen-bond acceptors (Lipinski definition) is 15. The molecule has 17 nitrogen and oxygen atoms in total. The minimum Gasteiger partial charge on any atom is -0.491 e.